The third-order valence-electron chi connectivity index (χ3n) is 4.16. The molecular weight excluding hydrogens is 394 g/mol. The lowest BCUT2D eigenvalue weighted by Crippen LogP contribution is -1.96. The fourth-order valence-electron chi connectivity index (χ4n) is 2.95. The topological polar surface area (TPSA) is 79.5 Å². The zero-order valence-corrected chi connectivity index (χ0v) is 15.7. The van der Waals surface area contributed by atoms with Crippen molar-refractivity contribution in [3.63, 3.8) is 0 Å². The number of H-pyrrole nitrogens is 1. The Morgan fingerprint density at radius 2 is 1.96 bits per heavy atom. The number of fused-ring (bicyclic) bond motifs is 1. The molecule has 4 rings (SSSR count). The molecule has 2 heterocycles. The van der Waals surface area contributed by atoms with Crippen LogP contribution < -0.4 is 4.74 Å². The molecule has 0 fully saturated rings. The number of rotatable bonds is 3. The Kier molecular flexibility index (Phi) is 3.98. The molecule has 26 heavy (non-hydrogen) atoms. The molecule has 0 saturated carbocycles. The average molecular weight is 408 g/mol. The van der Waals surface area contributed by atoms with Gasteiger partial charge in [0.15, 0.2) is 11.6 Å². The minimum atomic E-state index is 0.584. The third-order valence-corrected chi connectivity index (χ3v) is 4.69. The molecule has 0 radical (unpaired) electrons. The van der Waals surface area contributed by atoms with Gasteiger partial charge >= 0.3 is 0 Å². The number of imidazole rings is 1. The lowest BCUT2D eigenvalue weighted by atomic mass is 10.1. The van der Waals surface area contributed by atoms with Gasteiger partial charge < -0.3 is 9.72 Å². The number of benzene rings is 2. The number of hydrogen-bond donors (Lipinski definition) is 1. The SMILES string of the molecule is COc1c(-c2ccc(Br)cc2)nn(C)c1-c1nc2ccc(C#N)cc2[nH]1. The number of methoxy groups -OCH3 is 1. The van der Waals surface area contributed by atoms with Gasteiger partial charge in [-0.25, -0.2) is 4.98 Å². The molecule has 0 unspecified atom stereocenters. The van der Waals surface area contributed by atoms with Gasteiger partial charge in [0.2, 0.25) is 0 Å². The van der Waals surface area contributed by atoms with Crippen molar-refractivity contribution in [2.24, 2.45) is 7.05 Å². The van der Waals surface area contributed by atoms with Gasteiger partial charge in [-0.2, -0.15) is 10.4 Å². The first-order valence-corrected chi connectivity index (χ1v) is 8.67. The summed E-state index contributed by atoms with van der Waals surface area (Å²) in [5.74, 6) is 1.29. The van der Waals surface area contributed by atoms with Gasteiger partial charge in [-0.05, 0) is 30.3 Å². The van der Waals surface area contributed by atoms with Crippen LogP contribution in [0.3, 0.4) is 0 Å². The van der Waals surface area contributed by atoms with Crippen LogP contribution >= 0.6 is 15.9 Å². The van der Waals surface area contributed by atoms with Gasteiger partial charge in [0.1, 0.15) is 11.4 Å². The Morgan fingerprint density at radius 3 is 2.65 bits per heavy atom. The van der Waals surface area contributed by atoms with E-state index in [1.165, 1.54) is 0 Å². The van der Waals surface area contributed by atoms with Crippen molar-refractivity contribution < 1.29 is 4.74 Å². The standard InChI is InChI=1S/C19H14BrN5O/c1-25-17(19-22-14-8-3-11(10-21)9-15(14)23-19)18(26-2)16(24-25)12-4-6-13(20)7-5-12/h3-9H,1-2H3,(H,22,23). The highest BCUT2D eigenvalue weighted by Crippen LogP contribution is 2.38. The number of hydrogen-bond acceptors (Lipinski definition) is 4. The first kappa shape index (κ1) is 16.4. The second kappa shape index (κ2) is 6.32. The molecule has 0 spiro atoms. The number of ether oxygens (including phenoxy) is 1. The van der Waals surface area contributed by atoms with Crippen LogP contribution in [0, 0.1) is 11.3 Å². The summed E-state index contributed by atoms with van der Waals surface area (Å²) in [5.41, 5.74) is 4.62. The Bertz CT molecular complexity index is 1150. The highest BCUT2D eigenvalue weighted by atomic mass is 79.9. The minimum Gasteiger partial charge on any atom is -0.492 e. The molecule has 0 aliphatic heterocycles. The van der Waals surface area contributed by atoms with Crippen LogP contribution in [-0.4, -0.2) is 26.9 Å². The van der Waals surface area contributed by atoms with Crippen LogP contribution in [0.15, 0.2) is 46.9 Å². The van der Waals surface area contributed by atoms with E-state index in [1.807, 2.05) is 37.4 Å². The molecule has 6 nitrogen and oxygen atoms in total. The average Bonchev–Trinajstić information content (AvgIpc) is 3.21. The zero-order valence-electron chi connectivity index (χ0n) is 14.1. The van der Waals surface area contributed by atoms with Crippen molar-refractivity contribution in [1.29, 1.82) is 5.26 Å². The van der Waals surface area contributed by atoms with Gasteiger partial charge in [0.05, 0.1) is 29.8 Å². The predicted octanol–water partition coefficient (Wildman–Crippen LogP) is 4.27. The molecule has 4 aromatic rings. The molecular formula is C19H14BrN5O. The van der Waals surface area contributed by atoms with Crippen LogP contribution in [0.5, 0.6) is 5.75 Å². The van der Waals surface area contributed by atoms with Crippen LogP contribution in [0.4, 0.5) is 0 Å². The quantitative estimate of drug-likeness (QED) is 0.549. The maximum atomic E-state index is 9.07. The smallest absolute Gasteiger partial charge is 0.175 e. The maximum Gasteiger partial charge on any atom is 0.175 e. The molecule has 7 heteroatoms. The Balaban J connectivity index is 1.89. The molecule has 0 saturated heterocycles. The highest BCUT2D eigenvalue weighted by molar-refractivity contribution is 9.10. The molecule has 2 aromatic heterocycles. The van der Waals surface area contributed by atoms with Gasteiger partial charge in [-0.3, -0.25) is 4.68 Å². The molecule has 128 valence electrons. The number of aryl methyl sites for hydroxylation is 1. The van der Waals surface area contributed by atoms with E-state index in [-0.39, 0.29) is 0 Å². The fraction of sp³-hybridized carbons (Fsp3) is 0.105. The first-order valence-electron chi connectivity index (χ1n) is 7.88. The van der Waals surface area contributed by atoms with Gasteiger partial charge in [0, 0.05) is 17.1 Å². The van der Waals surface area contributed by atoms with Crippen LogP contribution in [0.1, 0.15) is 5.56 Å². The first-order chi connectivity index (χ1) is 12.6. The normalized spacial score (nSPS) is 10.8. The summed E-state index contributed by atoms with van der Waals surface area (Å²) < 4.78 is 8.42. The van der Waals surface area contributed by atoms with Gasteiger partial charge in [-0.1, -0.05) is 28.1 Å². The van der Waals surface area contributed by atoms with E-state index in [9.17, 15) is 0 Å². The summed E-state index contributed by atoms with van der Waals surface area (Å²) in [6, 6.07) is 15.4. The van der Waals surface area contributed by atoms with Crippen LogP contribution in [0.25, 0.3) is 33.8 Å². The fourth-order valence-corrected chi connectivity index (χ4v) is 3.21. The molecule has 0 amide bonds. The van der Waals surface area contributed by atoms with E-state index in [2.05, 4.69) is 37.1 Å². The number of nitriles is 1. The predicted molar refractivity (Wildman–Crippen MR) is 103 cm³/mol. The summed E-state index contributed by atoms with van der Waals surface area (Å²) in [5, 5.41) is 13.7. The van der Waals surface area contributed by atoms with E-state index in [1.54, 1.807) is 23.9 Å². The molecule has 0 bridgehead atoms. The van der Waals surface area contributed by atoms with Crippen molar-refractivity contribution in [2.75, 3.05) is 7.11 Å². The van der Waals surface area contributed by atoms with E-state index >= 15 is 0 Å². The van der Waals surface area contributed by atoms with E-state index in [0.29, 0.717) is 17.1 Å². The van der Waals surface area contributed by atoms with Crippen molar-refractivity contribution in [3.8, 4) is 34.6 Å². The highest BCUT2D eigenvalue weighted by Gasteiger charge is 2.22. The number of nitrogens with zero attached hydrogens (tertiary/aromatic N) is 4. The van der Waals surface area contributed by atoms with E-state index in [0.717, 1.165) is 32.5 Å². The molecule has 0 aliphatic rings. The summed E-state index contributed by atoms with van der Waals surface area (Å²) in [4.78, 5) is 7.90. The molecule has 0 atom stereocenters. The van der Waals surface area contributed by atoms with Crippen molar-refractivity contribution >= 4 is 27.0 Å². The second-order valence-corrected chi connectivity index (χ2v) is 6.71. The Hall–Kier alpha value is -3.11. The molecule has 2 aromatic carbocycles. The van der Waals surface area contributed by atoms with Crippen LogP contribution in [0.2, 0.25) is 0 Å². The summed E-state index contributed by atoms with van der Waals surface area (Å²) in [7, 11) is 3.48. The summed E-state index contributed by atoms with van der Waals surface area (Å²) in [6.45, 7) is 0. The van der Waals surface area contributed by atoms with Gasteiger partial charge in [-0.15, -0.1) is 0 Å². The van der Waals surface area contributed by atoms with E-state index in [4.69, 9.17) is 10.00 Å². The maximum absolute atomic E-state index is 9.07. The van der Waals surface area contributed by atoms with Gasteiger partial charge in [0.25, 0.3) is 0 Å². The summed E-state index contributed by atoms with van der Waals surface area (Å²) in [6.07, 6.45) is 0. The number of halogens is 1. The Morgan fingerprint density at radius 1 is 1.19 bits per heavy atom. The largest absolute Gasteiger partial charge is 0.492 e. The second-order valence-electron chi connectivity index (χ2n) is 5.79. The van der Waals surface area contributed by atoms with E-state index < -0.39 is 0 Å². The van der Waals surface area contributed by atoms with Crippen LogP contribution in [-0.2, 0) is 7.05 Å². The molecule has 1 N–H and O–H groups in total. The van der Waals surface area contributed by atoms with Crippen molar-refractivity contribution in [1.82, 2.24) is 19.7 Å². The zero-order chi connectivity index (χ0) is 18.3. The summed E-state index contributed by atoms with van der Waals surface area (Å²) >= 11 is 3.45. The molecule has 0 aliphatic carbocycles. The minimum absolute atomic E-state index is 0.584. The van der Waals surface area contributed by atoms with Crippen molar-refractivity contribution in [2.45, 2.75) is 0 Å². The lowest BCUT2D eigenvalue weighted by molar-refractivity contribution is 0.417. The number of aromatic amines is 1. The third kappa shape index (κ3) is 2.65. The monoisotopic (exact) mass is 407 g/mol. The number of nitrogens with one attached hydrogen (secondary N) is 1. The number of aromatic nitrogens is 4. The van der Waals surface area contributed by atoms with Crippen molar-refractivity contribution in [3.05, 3.63) is 52.5 Å². The Labute approximate surface area is 158 Å². The lowest BCUT2D eigenvalue weighted by Gasteiger charge is -2.04.